The molecule has 2 rings (SSSR count). The first-order valence-electron chi connectivity index (χ1n) is 6.09. The summed E-state index contributed by atoms with van der Waals surface area (Å²) >= 11 is 0. The molecule has 0 radical (unpaired) electrons. The standard InChI is InChI=1S/C15H15NO4/c1-18-15(19-2)13-14(12(17)8-9-16-13)20-10-11-6-4-3-5-7-11/h3-7,14-15H,10H2,1-2H3. The molecule has 0 bridgehead atoms. The lowest BCUT2D eigenvalue weighted by molar-refractivity contribution is -0.123. The van der Waals surface area contributed by atoms with E-state index in [0.29, 0.717) is 5.71 Å². The van der Waals surface area contributed by atoms with Gasteiger partial charge in [-0.2, -0.15) is 4.99 Å². The summed E-state index contributed by atoms with van der Waals surface area (Å²) in [6.07, 6.45) is -1.60. The average molecular weight is 273 g/mol. The van der Waals surface area contributed by atoms with Crippen LogP contribution in [0.15, 0.2) is 35.3 Å². The Labute approximate surface area is 117 Å². The van der Waals surface area contributed by atoms with Crippen molar-refractivity contribution in [3.05, 3.63) is 35.9 Å². The van der Waals surface area contributed by atoms with Gasteiger partial charge in [0, 0.05) is 26.2 Å². The van der Waals surface area contributed by atoms with Gasteiger partial charge in [-0.25, -0.2) is 0 Å². The van der Waals surface area contributed by atoms with Crippen LogP contribution in [0.4, 0.5) is 0 Å². The van der Waals surface area contributed by atoms with Crippen molar-refractivity contribution >= 4 is 11.5 Å². The first-order valence-corrected chi connectivity index (χ1v) is 6.09. The van der Waals surface area contributed by atoms with Crippen molar-refractivity contribution in [2.75, 3.05) is 14.2 Å². The molecule has 1 aliphatic rings. The maximum atomic E-state index is 11.9. The molecule has 1 aromatic rings. The summed E-state index contributed by atoms with van der Waals surface area (Å²) in [5.41, 5.74) is 1.30. The third-order valence-corrected chi connectivity index (χ3v) is 2.80. The number of hydrogen-bond acceptors (Lipinski definition) is 5. The number of benzene rings is 1. The number of nitrogens with zero attached hydrogens (tertiary/aromatic N) is 1. The van der Waals surface area contributed by atoms with Gasteiger partial charge in [-0.1, -0.05) is 30.3 Å². The van der Waals surface area contributed by atoms with E-state index >= 15 is 0 Å². The smallest absolute Gasteiger partial charge is 0.242 e. The van der Waals surface area contributed by atoms with Crippen molar-refractivity contribution in [3.8, 4) is 12.0 Å². The number of carbonyl (C=O) groups excluding carboxylic acids is 1. The van der Waals surface area contributed by atoms with Crippen LogP contribution >= 0.6 is 0 Å². The number of methoxy groups -OCH3 is 2. The SMILES string of the molecule is COC(OC)C1=NC#CC(=O)C1OCc1ccccc1. The summed E-state index contributed by atoms with van der Waals surface area (Å²) in [4.78, 5) is 15.8. The number of hydrogen-bond donors (Lipinski definition) is 0. The van der Waals surface area contributed by atoms with Crippen molar-refractivity contribution in [2.45, 2.75) is 19.0 Å². The number of Topliss-reactive ketones (excluding diaryl/α,β-unsaturated/α-hetero) is 1. The summed E-state index contributed by atoms with van der Waals surface area (Å²) in [7, 11) is 2.94. The molecule has 1 heterocycles. The Morgan fingerprint density at radius 2 is 1.95 bits per heavy atom. The third-order valence-electron chi connectivity index (χ3n) is 2.80. The maximum Gasteiger partial charge on any atom is 0.242 e. The molecule has 1 aliphatic heterocycles. The molecular weight excluding hydrogens is 258 g/mol. The Morgan fingerprint density at radius 1 is 1.25 bits per heavy atom. The van der Waals surface area contributed by atoms with E-state index in [0.717, 1.165) is 5.56 Å². The predicted octanol–water partition coefficient (Wildman–Crippen LogP) is 1.18. The first kappa shape index (κ1) is 14.4. The van der Waals surface area contributed by atoms with Crippen LogP contribution in [0.25, 0.3) is 0 Å². The molecule has 1 unspecified atom stereocenters. The Hall–Kier alpha value is -2.00. The van der Waals surface area contributed by atoms with Crippen molar-refractivity contribution in [3.63, 3.8) is 0 Å². The molecular formula is C15H15NO4. The summed E-state index contributed by atoms with van der Waals surface area (Å²) in [5.74, 6) is 2.05. The first-order chi connectivity index (χ1) is 9.76. The van der Waals surface area contributed by atoms with Crippen LogP contribution in [0.5, 0.6) is 0 Å². The second kappa shape index (κ2) is 6.96. The number of ether oxygens (including phenoxy) is 3. The molecule has 1 atom stereocenters. The summed E-state index contributed by atoms with van der Waals surface area (Å²) in [6.45, 7) is 0.290. The van der Waals surface area contributed by atoms with Gasteiger partial charge in [0.05, 0.1) is 6.61 Å². The van der Waals surface area contributed by atoms with Crippen molar-refractivity contribution in [2.24, 2.45) is 4.99 Å². The zero-order valence-corrected chi connectivity index (χ0v) is 11.3. The zero-order valence-electron chi connectivity index (χ0n) is 11.3. The van der Waals surface area contributed by atoms with Crippen LogP contribution in [0.3, 0.4) is 0 Å². The van der Waals surface area contributed by atoms with E-state index in [9.17, 15) is 4.79 Å². The molecule has 0 spiro atoms. The van der Waals surface area contributed by atoms with E-state index in [1.807, 2.05) is 30.3 Å². The zero-order chi connectivity index (χ0) is 14.4. The fourth-order valence-electron chi connectivity index (χ4n) is 1.83. The molecule has 5 heteroatoms. The van der Waals surface area contributed by atoms with Crippen LogP contribution in [-0.2, 0) is 25.6 Å². The monoisotopic (exact) mass is 273 g/mol. The van der Waals surface area contributed by atoms with E-state index in [1.54, 1.807) is 0 Å². The maximum absolute atomic E-state index is 11.9. The largest absolute Gasteiger partial charge is 0.358 e. The Morgan fingerprint density at radius 3 is 2.60 bits per heavy atom. The van der Waals surface area contributed by atoms with Gasteiger partial charge in [0.2, 0.25) is 12.1 Å². The molecule has 20 heavy (non-hydrogen) atoms. The van der Waals surface area contributed by atoms with Gasteiger partial charge in [0.1, 0.15) is 5.71 Å². The van der Waals surface area contributed by atoms with Gasteiger partial charge in [-0.05, 0) is 5.56 Å². The van der Waals surface area contributed by atoms with Gasteiger partial charge in [0.25, 0.3) is 0 Å². The van der Waals surface area contributed by atoms with E-state index in [-0.39, 0.29) is 12.4 Å². The lowest BCUT2D eigenvalue weighted by Crippen LogP contribution is -2.42. The normalized spacial score (nSPS) is 17.6. The molecule has 1 aromatic carbocycles. The highest BCUT2D eigenvalue weighted by molar-refractivity contribution is 6.18. The Balaban J connectivity index is 2.10. The minimum atomic E-state index is -0.860. The number of carbonyl (C=O) groups is 1. The molecule has 0 aromatic heterocycles. The van der Waals surface area contributed by atoms with Crippen LogP contribution in [0.1, 0.15) is 5.56 Å². The van der Waals surface area contributed by atoms with Crippen LogP contribution in [0.2, 0.25) is 0 Å². The van der Waals surface area contributed by atoms with E-state index in [2.05, 4.69) is 17.0 Å². The fourth-order valence-corrected chi connectivity index (χ4v) is 1.83. The van der Waals surface area contributed by atoms with Crippen LogP contribution in [0, 0.1) is 12.0 Å². The Bertz CT molecular complexity index is 552. The van der Waals surface area contributed by atoms with Crippen LogP contribution < -0.4 is 0 Å². The molecule has 5 nitrogen and oxygen atoms in total. The van der Waals surface area contributed by atoms with E-state index < -0.39 is 12.4 Å². The lowest BCUT2D eigenvalue weighted by atomic mass is 10.1. The van der Waals surface area contributed by atoms with Crippen molar-refractivity contribution in [1.82, 2.24) is 0 Å². The van der Waals surface area contributed by atoms with Gasteiger partial charge in [0.15, 0.2) is 6.10 Å². The summed E-state index contributed by atoms with van der Waals surface area (Å²) < 4.78 is 15.9. The van der Waals surface area contributed by atoms with E-state index in [4.69, 9.17) is 14.2 Å². The van der Waals surface area contributed by atoms with Crippen LogP contribution in [-0.4, -0.2) is 38.1 Å². The predicted molar refractivity (Wildman–Crippen MR) is 73.0 cm³/mol. The number of ketones is 1. The lowest BCUT2D eigenvalue weighted by Gasteiger charge is -2.22. The summed E-state index contributed by atoms with van der Waals surface area (Å²) in [6, 6.07) is 12.0. The average Bonchev–Trinajstić information content (AvgIpc) is 2.49. The Kier molecular flexibility index (Phi) is 5.02. The molecule has 0 aliphatic carbocycles. The number of aliphatic imine (C=N–C) groups is 1. The van der Waals surface area contributed by atoms with Gasteiger partial charge >= 0.3 is 0 Å². The molecule has 0 amide bonds. The second-order valence-electron chi connectivity index (χ2n) is 4.12. The highest BCUT2D eigenvalue weighted by Crippen LogP contribution is 2.12. The van der Waals surface area contributed by atoms with E-state index in [1.165, 1.54) is 14.2 Å². The van der Waals surface area contributed by atoms with Crippen molar-refractivity contribution < 1.29 is 19.0 Å². The van der Waals surface area contributed by atoms with Gasteiger partial charge in [-0.3, -0.25) is 4.79 Å². The van der Waals surface area contributed by atoms with Gasteiger partial charge in [-0.15, -0.1) is 0 Å². The second-order valence-corrected chi connectivity index (χ2v) is 4.12. The molecule has 0 saturated heterocycles. The fraction of sp³-hybridized carbons (Fsp3) is 0.333. The van der Waals surface area contributed by atoms with Crippen molar-refractivity contribution in [1.29, 1.82) is 0 Å². The summed E-state index contributed by atoms with van der Waals surface area (Å²) in [5, 5.41) is 0. The molecule has 0 saturated carbocycles. The van der Waals surface area contributed by atoms with Gasteiger partial charge < -0.3 is 14.2 Å². The molecule has 0 N–H and O–H groups in total. The third kappa shape index (κ3) is 3.31. The topological polar surface area (TPSA) is 57.1 Å². The quantitative estimate of drug-likeness (QED) is 0.577. The minimum Gasteiger partial charge on any atom is -0.358 e. The highest BCUT2D eigenvalue weighted by atomic mass is 16.7. The highest BCUT2D eigenvalue weighted by Gasteiger charge is 2.32. The molecule has 0 fully saturated rings. The molecule has 104 valence electrons. The minimum absolute atomic E-state index is 0.290. The number of rotatable bonds is 6.